The molecule has 0 aromatic heterocycles. The minimum Gasteiger partial charge on any atom is -0.356 e. The number of carbonyl (C=O) groups excluding carboxylic acids is 1. The zero-order chi connectivity index (χ0) is 17.8. The molecule has 1 N–H and O–H groups in total. The summed E-state index contributed by atoms with van der Waals surface area (Å²) in [5, 5.41) is 3.43. The van der Waals surface area contributed by atoms with E-state index in [-0.39, 0.29) is 5.54 Å². The van der Waals surface area contributed by atoms with Crippen molar-refractivity contribution in [2.75, 3.05) is 32.7 Å². The predicted octanol–water partition coefficient (Wildman–Crippen LogP) is 2.87. The van der Waals surface area contributed by atoms with Gasteiger partial charge in [-0.05, 0) is 40.0 Å². The maximum Gasteiger partial charge on any atom is 0.222 e. The van der Waals surface area contributed by atoms with Crippen molar-refractivity contribution in [1.29, 1.82) is 0 Å². The second-order valence-corrected chi connectivity index (χ2v) is 8.31. The van der Waals surface area contributed by atoms with Gasteiger partial charge in [0.25, 0.3) is 0 Å². The quantitative estimate of drug-likeness (QED) is 0.477. The van der Waals surface area contributed by atoms with Gasteiger partial charge in [-0.1, -0.05) is 20.3 Å². The number of nitrogens with one attached hydrogen (secondary N) is 1. The SMILES string of the molecule is CCNC(=NCCCN1CCCCCC1=O)N1CC(C)(C)C1(C)C. The highest BCUT2D eigenvalue weighted by molar-refractivity contribution is 5.82. The van der Waals surface area contributed by atoms with Crippen molar-refractivity contribution in [2.45, 2.75) is 72.3 Å². The summed E-state index contributed by atoms with van der Waals surface area (Å²) in [6.45, 7) is 15.8. The van der Waals surface area contributed by atoms with Gasteiger partial charge in [-0.15, -0.1) is 0 Å². The van der Waals surface area contributed by atoms with Gasteiger partial charge in [0.05, 0.1) is 0 Å². The van der Waals surface area contributed by atoms with Gasteiger partial charge in [0.2, 0.25) is 5.91 Å². The zero-order valence-corrected chi connectivity index (χ0v) is 16.3. The maximum absolute atomic E-state index is 12.0. The van der Waals surface area contributed by atoms with Crippen LogP contribution in [0.15, 0.2) is 4.99 Å². The summed E-state index contributed by atoms with van der Waals surface area (Å²) in [6.07, 6.45) is 5.05. The molecule has 0 saturated carbocycles. The summed E-state index contributed by atoms with van der Waals surface area (Å²) in [7, 11) is 0. The molecule has 138 valence electrons. The van der Waals surface area contributed by atoms with Crippen LogP contribution >= 0.6 is 0 Å². The van der Waals surface area contributed by atoms with Crippen molar-refractivity contribution in [1.82, 2.24) is 15.1 Å². The summed E-state index contributed by atoms with van der Waals surface area (Å²) in [5.41, 5.74) is 0.427. The predicted molar refractivity (Wildman–Crippen MR) is 100 cm³/mol. The molecular weight excluding hydrogens is 300 g/mol. The first kappa shape index (κ1) is 19.1. The Bertz CT molecular complexity index is 470. The lowest BCUT2D eigenvalue weighted by molar-refractivity contribution is -0.130. The van der Waals surface area contributed by atoms with Crippen molar-refractivity contribution in [3.63, 3.8) is 0 Å². The highest BCUT2D eigenvalue weighted by atomic mass is 16.2. The molecule has 0 unspecified atom stereocenters. The van der Waals surface area contributed by atoms with E-state index in [1.165, 1.54) is 6.42 Å². The van der Waals surface area contributed by atoms with Crippen LogP contribution in [0.3, 0.4) is 0 Å². The Kier molecular flexibility index (Phi) is 6.16. The van der Waals surface area contributed by atoms with Gasteiger partial charge >= 0.3 is 0 Å². The number of guanidine groups is 1. The van der Waals surface area contributed by atoms with Gasteiger partial charge in [-0.25, -0.2) is 0 Å². The smallest absolute Gasteiger partial charge is 0.222 e. The normalized spacial score (nSPS) is 23.7. The molecule has 1 amide bonds. The minimum absolute atomic E-state index is 0.120. The summed E-state index contributed by atoms with van der Waals surface area (Å²) in [6, 6.07) is 0. The van der Waals surface area contributed by atoms with E-state index >= 15 is 0 Å². The number of hydrogen-bond acceptors (Lipinski definition) is 2. The number of rotatable bonds is 5. The molecular formula is C19H36N4O. The Morgan fingerprint density at radius 3 is 2.58 bits per heavy atom. The van der Waals surface area contributed by atoms with Crippen LogP contribution in [0.2, 0.25) is 0 Å². The molecule has 2 rings (SSSR count). The molecule has 0 aromatic carbocycles. The number of amides is 1. The summed E-state index contributed by atoms with van der Waals surface area (Å²) in [4.78, 5) is 21.3. The van der Waals surface area contributed by atoms with Crippen LogP contribution in [-0.2, 0) is 4.79 Å². The molecule has 5 nitrogen and oxygen atoms in total. The zero-order valence-electron chi connectivity index (χ0n) is 16.3. The molecule has 0 bridgehead atoms. The maximum atomic E-state index is 12.0. The molecule has 0 spiro atoms. The van der Waals surface area contributed by atoms with Crippen LogP contribution in [0.5, 0.6) is 0 Å². The van der Waals surface area contributed by atoms with Gasteiger partial charge in [-0.2, -0.15) is 0 Å². The van der Waals surface area contributed by atoms with Crippen LogP contribution in [0.4, 0.5) is 0 Å². The molecule has 2 aliphatic rings. The number of hydrogen-bond donors (Lipinski definition) is 1. The monoisotopic (exact) mass is 336 g/mol. The fraction of sp³-hybridized carbons (Fsp3) is 0.895. The number of aliphatic imine (C=N–C) groups is 1. The second-order valence-electron chi connectivity index (χ2n) is 8.31. The first-order valence-corrected chi connectivity index (χ1v) is 9.63. The molecule has 5 heteroatoms. The minimum atomic E-state index is 0.120. The largest absolute Gasteiger partial charge is 0.356 e. The van der Waals surface area contributed by atoms with E-state index in [1.54, 1.807) is 0 Å². The van der Waals surface area contributed by atoms with Crippen LogP contribution in [0.1, 0.15) is 66.7 Å². The lowest BCUT2D eigenvalue weighted by Crippen LogP contribution is -2.72. The lowest BCUT2D eigenvalue weighted by Gasteiger charge is -2.62. The van der Waals surface area contributed by atoms with Crippen LogP contribution in [-0.4, -0.2) is 59.9 Å². The topological polar surface area (TPSA) is 47.9 Å². The van der Waals surface area contributed by atoms with Gasteiger partial charge in [-0.3, -0.25) is 9.79 Å². The third kappa shape index (κ3) is 4.04. The van der Waals surface area contributed by atoms with Crippen molar-refractivity contribution in [3.05, 3.63) is 0 Å². The first-order chi connectivity index (χ1) is 11.3. The first-order valence-electron chi connectivity index (χ1n) is 9.63. The Morgan fingerprint density at radius 1 is 1.21 bits per heavy atom. The molecule has 2 saturated heterocycles. The Labute approximate surface area is 147 Å². The summed E-state index contributed by atoms with van der Waals surface area (Å²) >= 11 is 0. The van der Waals surface area contributed by atoms with Crippen LogP contribution in [0.25, 0.3) is 0 Å². The fourth-order valence-electron chi connectivity index (χ4n) is 3.52. The average Bonchev–Trinajstić information content (AvgIpc) is 2.73. The molecule has 0 atom stereocenters. The van der Waals surface area contributed by atoms with Crippen molar-refractivity contribution in [2.24, 2.45) is 10.4 Å². The molecule has 2 heterocycles. The molecule has 0 radical (unpaired) electrons. The highest BCUT2D eigenvalue weighted by Gasteiger charge is 2.53. The third-order valence-electron chi connectivity index (χ3n) is 5.99. The van der Waals surface area contributed by atoms with Crippen LogP contribution < -0.4 is 5.32 Å². The van der Waals surface area contributed by atoms with E-state index in [1.807, 2.05) is 4.90 Å². The van der Waals surface area contributed by atoms with E-state index in [0.29, 0.717) is 11.3 Å². The van der Waals surface area contributed by atoms with Gasteiger partial charge < -0.3 is 15.1 Å². The molecule has 2 aliphatic heterocycles. The Morgan fingerprint density at radius 2 is 1.96 bits per heavy atom. The standard InChI is InChI=1S/C19H36N4O/c1-6-20-17(23-15-18(2,3)19(23,4)5)21-12-10-14-22-13-9-7-8-11-16(22)24/h6-15H2,1-5H3,(H,20,21). The van der Waals surface area contributed by atoms with Gasteiger partial charge in [0.1, 0.15) is 0 Å². The van der Waals surface area contributed by atoms with Crippen molar-refractivity contribution in [3.8, 4) is 0 Å². The Hall–Kier alpha value is -1.26. The number of nitrogens with zero attached hydrogens (tertiary/aromatic N) is 3. The molecule has 24 heavy (non-hydrogen) atoms. The third-order valence-corrected chi connectivity index (χ3v) is 5.99. The molecule has 0 aliphatic carbocycles. The van der Waals surface area contributed by atoms with E-state index in [2.05, 4.69) is 44.8 Å². The second kappa shape index (κ2) is 7.75. The average molecular weight is 337 g/mol. The lowest BCUT2D eigenvalue weighted by atomic mass is 9.65. The van der Waals surface area contributed by atoms with Crippen molar-refractivity contribution < 1.29 is 4.79 Å². The number of carbonyl (C=O) groups is 1. The molecule has 0 aromatic rings. The van der Waals surface area contributed by atoms with E-state index < -0.39 is 0 Å². The summed E-state index contributed by atoms with van der Waals surface area (Å²) in [5.74, 6) is 1.35. The highest BCUT2D eigenvalue weighted by Crippen LogP contribution is 2.46. The van der Waals surface area contributed by atoms with E-state index in [0.717, 1.165) is 64.4 Å². The van der Waals surface area contributed by atoms with Gasteiger partial charge in [0, 0.05) is 50.1 Å². The van der Waals surface area contributed by atoms with Crippen LogP contribution in [0, 0.1) is 5.41 Å². The Balaban J connectivity index is 1.87. The number of likely N-dealkylation sites (tertiary alicyclic amines) is 2. The van der Waals surface area contributed by atoms with E-state index in [9.17, 15) is 4.79 Å². The van der Waals surface area contributed by atoms with E-state index in [4.69, 9.17) is 4.99 Å². The van der Waals surface area contributed by atoms with Crippen molar-refractivity contribution >= 4 is 11.9 Å². The van der Waals surface area contributed by atoms with Gasteiger partial charge in [0.15, 0.2) is 5.96 Å². The fourth-order valence-corrected chi connectivity index (χ4v) is 3.52. The molecule has 2 fully saturated rings. The summed E-state index contributed by atoms with van der Waals surface area (Å²) < 4.78 is 0.